The number of aromatic nitrogens is 2. The topological polar surface area (TPSA) is 93.7 Å². The fraction of sp³-hybridized carbons (Fsp3) is 0.333. The number of anilines is 1. The van der Waals surface area contributed by atoms with Gasteiger partial charge in [0.25, 0.3) is 10.0 Å². The van der Waals surface area contributed by atoms with Crippen molar-refractivity contribution in [1.82, 2.24) is 14.9 Å². The minimum Gasteiger partial charge on any atom is -0.480 e. The summed E-state index contributed by atoms with van der Waals surface area (Å²) in [4.78, 5) is 11.0. The Balaban J connectivity index is 1.36. The van der Waals surface area contributed by atoms with Gasteiger partial charge in [-0.1, -0.05) is 30.3 Å². The summed E-state index contributed by atoms with van der Waals surface area (Å²) >= 11 is 0. The Labute approximate surface area is 212 Å². The molecule has 4 heterocycles. The number of sulfonamides is 1. The van der Waals surface area contributed by atoms with Crippen molar-refractivity contribution in [2.75, 3.05) is 38.1 Å². The van der Waals surface area contributed by atoms with Crippen molar-refractivity contribution in [3.63, 3.8) is 0 Å². The van der Waals surface area contributed by atoms with Crippen LogP contribution in [0.5, 0.6) is 5.88 Å². The Hall–Kier alpha value is -3.27. The van der Waals surface area contributed by atoms with Crippen LogP contribution in [0.25, 0.3) is 16.7 Å². The van der Waals surface area contributed by atoms with Crippen molar-refractivity contribution in [2.45, 2.75) is 30.7 Å². The molecule has 36 heavy (non-hydrogen) atoms. The molecule has 0 spiro atoms. The lowest BCUT2D eigenvalue weighted by Crippen LogP contribution is -2.18. The fourth-order valence-electron chi connectivity index (χ4n) is 4.61. The third kappa shape index (κ3) is 5.59. The summed E-state index contributed by atoms with van der Waals surface area (Å²) in [7, 11) is -2.57. The summed E-state index contributed by atoms with van der Waals surface area (Å²) in [5, 5.41) is 0. The average Bonchev–Trinajstić information content (AvgIpc) is 3.42. The summed E-state index contributed by atoms with van der Waals surface area (Å²) in [6.07, 6.45) is 10.0. The number of nitrogens with zero attached hydrogens (tertiary/aromatic N) is 3. The molecular weight excluding hydrogens is 476 g/mol. The van der Waals surface area contributed by atoms with Crippen LogP contribution in [0.4, 0.5) is 5.69 Å². The third-order valence-corrected chi connectivity index (χ3v) is 7.89. The molecule has 1 aromatic carbocycles. The summed E-state index contributed by atoms with van der Waals surface area (Å²) in [5.74, 6) is 0.0385. The zero-order chi connectivity index (χ0) is 25.0. The molecule has 0 bridgehead atoms. The molecule has 0 aliphatic carbocycles. The predicted molar refractivity (Wildman–Crippen MR) is 139 cm³/mol. The van der Waals surface area contributed by atoms with E-state index in [9.17, 15) is 8.42 Å². The molecule has 0 saturated carbocycles. The summed E-state index contributed by atoms with van der Waals surface area (Å²) < 4.78 is 40.0. The number of likely N-dealkylation sites (tertiary alicyclic amines) is 1. The van der Waals surface area contributed by atoms with Crippen molar-refractivity contribution in [1.29, 1.82) is 0 Å². The maximum atomic E-state index is 13.4. The zero-order valence-electron chi connectivity index (χ0n) is 20.3. The molecule has 2 aromatic heterocycles. The first-order chi connectivity index (χ1) is 17.5. The lowest BCUT2D eigenvalue weighted by Gasteiger charge is -2.16. The predicted octanol–water partition coefficient (Wildman–Crippen LogP) is 4.35. The fourth-order valence-corrected chi connectivity index (χ4v) is 5.79. The normalized spacial score (nSPS) is 16.5. The highest BCUT2D eigenvalue weighted by Crippen LogP contribution is 2.30. The highest BCUT2D eigenvalue weighted by molar-refractivity contribution is 7.92. The van der Waals surface area contributed by atoms with E-state index < -0.39 is 10.0 Å². The van der Waals surface area contributed by atoms with E-state index in [1.54, 1.807) is 24.5 Å². The number of hydrogen-bond acceptors (Lipinski definition) is 7. The summed E-state index contributed by atoms with van der Waals surface area (Å²) in [6, 6.07) is 11.7. The number of ether oxygens (including phenoxy) is 2. The maximum absolute atomic E-state index is 13.4. The van der Waals surface area contributed by atoms with E-state index in [-0.39, 0.29) is 10.8 Å². The van der Waals surface area contributed by atoms with Crippen LogP contribution in [0.15, 0.2) is 66.0 Å². The van der Waals surface area contributed by atoms with Gasteiger partial charge in [-0.05, 0) is 66.7 Å². The van der Waals surface area contributed by atoms with E-state index in [0.717, 1.165) is 41.9 Å². The van der Waals surface area contributed by atoms with Gasteiger partial charge < -0.3 is 9.47 Å². The first-order valence-electron chi connectivity index (χ1n) is 12.1. The van der Waals surface area contributed by atoms with Crippen molar-refractivity contribution >= 4 is 21.3 Å². The molecule has 0 radical (unpaired) electrons. The van der Waals surface area contributed by atoms with Crippen LogP contribution >= 0.6 is 0 Å². The molecular formula is C27H30N4O4S. The maximum Gasteiger partial charge on any atom is 0.267 e. The standard InChI is InChI=1S/C27H30N4O4S/c1-34-27-26(15-24(17-29-27)22-8-12-35-13-9-22)36(32,33)30-25-14-23(16-28-18-25)21-6-4-20(5-7-21)19-31-10-2-3-11-31/h4-8,14-18,30H,2-3,9-13,19H2,1H3. The van der Waals surface area contributed by atoms with Gasteiger partial charge in [-0.3, -0.25) is 14.6 Å². The SMILES string of the molecule is COc1ncc(C2=CCOCC2)cc1S(=O)(=O)Nc1cncc(-c2ccc(CN3CCCC3)cc2)c1. The largest absolute Gasteiger partial charge is 0.480 e. The average molecular weight is 507 g/mol. The molecule has 1 N–H and O–H groups in total. The molecule has 2 aliphatic rings. The quantitative estimate of drug-likeness (QED) is 0.485. The van der Waals surface area contributed by atoms with E-state index in [0.29, 0.717) is 25.3 Å². The Morgan fingerprint density at radius 1 is 1.03 bits per heavy atom. The van der Waals surface area contributed by atoms with Crippen LogP contribution in [-0.2, 0) is 21.3 Å². The highest BCUT2D eigenvalue weighted by Gasteiger charge is 2.23. The van der Waals surface area contributed by atoms with Gasteiger partial charge in [0, 0.05) is 24.5 Å². The molecule has 0 unspecified atom stereocenters. The number of hydrogen-bond donors (Lipinski definition) is 1. The van der Waals surface area contributed by atoms with Crippen molar-refractivity contribution in [2.24, 2.45) is 0 Å². The van der Waals surface area contributed by atoms with Crippen molar-refractivity contribution in [3.8, 4) is 17.0 Å². The first-order valence-corrected chi connectivity index (χ1v) is 13.6. The van der Waals surface area contributed by atoms with E-state index in [1.807, 2.05) is 6.08 Å². The molecule has 9 heteroatoms. The minimum atomic E-state index is -3.98. The van der Waals surface area contributed by atoms with Crippen LogP contribution < -0.4 is 9.46 Å². The summed E-state index contributed by atoms with van der Waals surface area (Å²) in [5.41, 5.74) is 5.18. The number of rotatable bonds is 8. The van der Waals surface area contributed by atoms with Gasteiger partial charge in [0.2, 0.25) is 5.88 Å². The molecule has 1 saturated heterocycles. The van der Waals surface area contributed by atoms with Crippen LogP contribution in [0, 0.1) is 0 Å². The number of pyridine rings is 2. The molecule has 0 amide bonds. The van der Waals surface area contributed by atoms with Crippen molar-refractivity contribution < 1.29 is 17.9 Å². The lowest BCUT2D eigenvalue weighted by atomic mass is 10.0. The number of methoxy groups -OCH3 is 1. The monoisotopic (exact) mass is 506 g/mol. The first kappa shape index (κ1) is 24.4. The van der Waals surface area contributed by atoms with Crippen LogP contribution in [0.2, 0.25) is 0 Å². The highest BCUT2D eigenvalue weighted by atomic mass is 32.2. The second-order valence-corrected chi connectivity index (χ2v) is 10.7. The van der Waals surface area contributed by atoms with Crippen LogP contribution in [0.3, 0.4) is 0 Å². The van der Waals surface area contributed by atoms with E-state index in [4.69, 9.17) is 9.47 Å². The zero-order valence-corrected chi connectivity index (χ0v) is 21.1. The third-order valence-electron chi connectivity index (χ3n) is 6.52. The van der Waals surface area contributed by atoms with Gasteiger partial charge in [-0.25, -0.2) is 13.4 Å². The van der Waals surface area contributed by atoms with E-state index in [2.05, 4.69) is 43.9 Å². The van der Waals surface area contributed by atoms with Gasteiger partial charge >= 0.3 is 0 Å². The second-order valence-electron chi connectivity index (χ2n) is 9.03. The van der Waals surface area contributed by atoms with Crippen molar-refractivity contribution in [3.05, 3.63) is 72.2 Å². The molecule has 2 aliphatic heterocycles. The van der Waals surface area contributed by atoms with Crippen LogP contribution in [-0.4, -0.2) is 56.7 Å². The Kier molecular flexibility index (Phi) is 7.31. The lowest BCUT2D eigenvalue weighted by molar-refractivity contribution is 0.161. The van der Waals surface area contributed by atoms with Gasteiger partial charge in [-0.2, -0.15) is 0 Å². The number of benzene rings is 1. The molecule has 5 rings (SSSR count). The van der Waals surface area contributed by atoms with Gasteiger partial charge in [0.05, 0.1) is 32.2 Å². The van der Waals surface area contributed by atoms with E-state index in [1.165, 1.54) is 31.7 Å². The molecule has 0 atom stereocenters. The second kappa shape index (κ2) is 10.8. The molecule has 1 fully saturated rings. The Morgan fingerprint density at radius 2 is 1.83 bits per heavy atom. The number of nitrogens with one attached hydrogen (secondary N) is 1. The Morgan fingerprint density at radius 3 is 2.56 bits per heavy atom. The Bertz CT molecular complexity index is 1350. The minimum absolute atomic E-state index is 0.0217. The summed E-state index contributed by atoms with van der Waals surface area (Å²) in [6.45, 7) is 4.36. The van der Waals surface area contributed by atoms with Gasteiger partial charge in [0.15, 0.2) is 0 Å². The molecule has 3 aromatic rings. The van der Waals surface area contributed by atoms with E-state index >= 15 is 0 Å². The van der Waals surface area contributed by atoms with Crippen LogP contribution in [0.1, 0.15) is 30.4 Å². The smallest absolute Gasteiger partial charge is 0.267 e. The molecule has 188 valence electrons. The van der Waals surface area contributed by atoms with Gasteiger partial charge in [0.1, 0.15) is 4.90 Å². The van der Waals surface area contributed by atoms with Gasteiger partial charge in [-0.15, -0.1) is 0 Å². The molecule has 8 nitrogen and oxygen atoms in total.